The van der Waals surface area contributed by atoms with Gasteiger partial charge in [-0.3, -0.25) is 15.5 Å². The molecule has 0 aromatic heterocycles. The van der Waals surface area contributed by atoms with E-state index in [0.29, 0.717) is 5.69 Å². The van der Waals surface area contributed by atoms with Gasteiger partial charge in [0.25, 0.3) is 15.9 Å². The largest absolute Gasteiger partial charge is 0.444 e. The second-order valence-corrected chi connectivity index (χ2v) is 9.46. The second kappa shape index (κ2) is 8.75. The molecule has 162 valence electrons. The number of nitrogens with one attached hydrogen (secondary N) is 3. The summed E-state index contributed by atoms with van der Waals surface area (Å²) in [6.07, 6.45) is -0.665. The summed E-state index contributed by atoms with van der Waals surface area (Å²) in [6, 6.07) is 18.1. The normalized spacial score (nSPS) is 11.7. The van der Waals surface area contributed by atoms with E-state index < -0.39 is 27.6 Å². The molecule has 8 nitrogen and oxygen atoms in total. The molecule has 31 heavy (non-hydrogen) atoms. The Bertz CT molecular complexity index is 1230. The highest BCUT2D eigenvalue weighted by molar-refractivity contribution is 7.89. The molecule has 3 aromatic rings. The van der Waals surface area contributed by atoms with Crippen LogP contribution in [0.3, 0.4) is 0 Å². The maximum Gasteiger partial charge on any atom is 0.412 e. The van der Waals surface area contributed by atoms with Crippen molar-refractivity contribution in [2.45, 2.75) is 31.3 Å². The van der Waals surface area contributed by atoms with E-state index in [1.807, 2.05) is 18.2 Å². The molecule has 0 radical (unpaired) electrons. The fraction of sp³-hybridized carbons (Fsp3) is 0.182. The van der Waals surface area contributed by atoms with E-state index in [4.69, 9.17) is 4.74 Å². The van der Waals surface area contributed by atoms with Crippen LogP contribution in [0, 0.1) is 0 Å². The molecule has 0 fully saturated rings. The first-order valence-electron chi connectivity index (χ1n) is 9.44. The monoisotopic (exact) mass is 441 g/mol. The van der Waals surface area contributed by atoms with Gasteiger partial charge in [-0.2, -0.15) is 0 Å². The van der Waals surface area contributed by atoms with E-state index in [2.05, 4.69) is 15.6 Å². The number of ether oxygens (including phenoxy) is 1. The van der Waals surface area contributed by atoms with E-state index in [9.17, 15) is 18.0 Å². The maximum atomic E-state index is 12.6. The number of carbonyl (C=O) groups is 2. The number of rotatable bonds is 5. The second-order valence-electron chi connectivity index (χ2n) is 7.78. The van der Waals surface area contributed by atoms with E-state index in [0.717, 1.165) is 10.8 Å². The Morgan fingerprint density at radius 1 is 0.871 bits per heavy atom. The quantitative estimate of drug-likeness (QED) is 0.521. The minimum Gasteiger partial charge on any atom is -0.444 e. The fourth-order valence-electron chi connectivity index (χ4n) is 2.74. The minimum absolute atomic E-state index is 0.0202. The summed E-state index contributed by atoms with van der Waals surface area (Å²) in [5.41, 5.74) is 2.00. The van der Waals surface area contributed by atoms with Crippen LogP contribution in [0.25, 0.3) is 10.8 Å². The van der Waals surface area contributed by atoms with Crippen LogP contribution in [0.5, 0.6) is 0 Å². The van der Waals surface area contributed by atoms with Crippen molar-refractivity contribution in [3.63, 3.8) is 0 Å². The van der Waals surface area contributed by atoms with Crippen molar-refractivity contribution >= 4 is 38.5 Å². The van der Waals surface area contributed by atoms with Crippen molar-refractivity contribution in [3.05, 3.63) is 72.3 Å². The molecule has 0 atom stereocenters. The zero-order valence-corrected chi connectivity index (χ0v) is 18.1. The van der Waals surface area contributed by atoms with Crippen molar-refractivity contribution in [1.29, 1.82) is 0 Å². The Labute approximate surface area is 180 Å². The summed E-state index contributed by atoms with van der Waals surface area (Å²) in [4.78, 5) is 26.4. The van der Waals surface area contributed by atoms with Crippen LogP contribution in [0.2, 0.25) is 0 Å². The molecular formula is C22H23N3O5S. The molecule has 3 N–H and O–H groups in total. The van der Waals surface area contributed by atoms with Gasteiger partial charge in [-0.15, -0.1) is 4.83 Å². The van der Waals surface area contributed by atoms with Crippen LogP contribution in [0.4, 0.5) is 10.5 Å². The lowest BCUT2D eigenvalue weighted by Gasteiger charge is -2.19. The molecule has 0 unspecified atom stereocenters. The predicted octanol–water partition coefficient (Wildman–Crippen LogP) is 3.81. The van der Waals surface area contributed by atoms with Crippen molar-refractivity contribution in [3.8, 4) is 0 Å². The molecule has 0 aliphatic heterocycles. The van der Waals surface area contributed by atoms with Crippen LogP contribution >= 0.6 is 0 Å². The average Bonchev–Trinajstić information content (AvgIpc) is 2.70. The van der Waals surface area contributed by atoms with Gasteiger partial charge in [0.1, 0.15) is 5.60 Å². The fourth-order valence-corrected chi connectivity index (χ4v) is 3.61. The maximum absolute atomic E-state index is 12.6. The number of anilines is 1. The SMILES string of the molecule is CC(C)(C)OC(=O)Nc1cccc(C(=O)NNS(=O)(=O)c2ccc3ccccc3c2)c1. The molecule has 0 spiro atoms. The summed E-state index contributed by atoms with van der Waals surface area (Å²) < 4.78 is 30.3. The highest BCUT2D eigenvalue weighted by atomic mass is 32.2. The van der Waals surface area contributed by atoms with Gasteiger partial charge >= 0.3 is 6.09 Å². The molecule has 3 rings (SSSR count). The smallest absolute Gasteiger partial charge is 0.412 e. The van der Waals surface area contributed by atoms with Crippen molar-refractivity contribution < 1.29 is 22.7 Å². The van der Waals surface area contributed by atoms with Gasteiger partial charge in [-0.05, 0) is 61.9 Å². The van der Waals surface area contributed by atoms with Crippen LogP contribution in [-0.2, 0) is 14.8 Å². The number of hydrogen-bond donors (Lipinski definition) is 3. The highest BCUT2D eigenvalue weighted by Gasteiger charge is 2.18. The van der Waals surface area contributed by atoms with Crippen molar-refractivity contribution in [2.75, 3.05) is 5.32 Å². The predicted molar refractivity (Wildman–Crippen MR) is 118 cm³/mol. The summed E-state index contributed by atoms with van der Waals surface area (Å²) in [5.74, 6) is -0.683. The third kappa shape index (κ3) is 6.03. The Kier molecular flexibility index (Phi) is 6.28. The lowest BCUT2D eigenvalue weighted by atomic mass is 10.1. The van der Waals surface area contributed by atoms with Gasteiger partial charge in [0.05, 0.1) is 4.90 Å². The zero-order chi connectivity index (χ0) is 22.6. The average molecular weight is 442 g/mol. The van der Waals surface area contributed by atoms with Gasteiger partial charge < -0.3 is 4.74 Å². The lowest BCUT2D eigenvalue weighted by molar-refractivity contribution is 0.0635. The Morgan fingerprint density at radius 2 is 1.58 bits per heavy atom. The molecular weight excluding hydrogens is 418 g/mol. The van der Waals surface area contributed by atoms with E-state index in [-0.39, 0.29) is 10.5 Å². The topological polar surface area (TPSA) is 114 Å². The van der Waals surface area contributed by atoms with Gasteiger partial charge in [-0.1, -0.05) is 36.4 Å². The molecule has 0 saturated carbocycles. The molecule has 2 amide bonds. The first kappa shape index (κ1) is 22.3. The van der Waals surface area contributed by atoms with Gasteiger partial charge in [0.15, 0.2) is 0 Å². The minimum atomic E-state index is -3.98. The first-order chi connectivity index (χ1) is 14.5. The number of carbonyl (C=O) groups excluding carboxylic acids is 2. The summed E-state index contributed by atoms with van der Waals surface area (Å²) in [7, 11) is -3.98. The third-order valence-corrected chi connectivity index (χ3v) is 5.35. The van der Waals surface area contributed by atoms with E-state index in [1.54, 1.807) is 45.0 Å². The van der Waals surface area contributed by atoms with Crippen LogP contribution < -0.4 is 15.6 Å². The van der Waals surface area contributed by atoms with Gasteiger partial charge in [0.2, 0.25) is 0 Å². The van der Waals surface area contributed by atoms with E-state index >= 15 is 0 Å². The number of hydrogen-bond acceptors (Lipinski definition) is 5. The highest BCUT2D eigenvalue weighted by Crippen LogP contribution is 2.19. The van der Waals surface area contributed by atoms with Crippen molar-refractivity contribution in [2.24, 2.45) is 0 Å². The summed E-state index contributed by atoms with van der Waals surface area (Å²) in [5, 5.41) is 4.19. The Hall–Kier alpha value is -3.43. The zero-order valence-electron chi connectivity index (χ0n) is 17.3. The molecule has 0 aliphatic rings. The Morgan fingerprint density at radius 3 is 2.29 bits per heavy atom. The van der Waals surface area contributed by atoms with Gasteiger partial charge in [0, 0.05) is 11.3 Å². The molecule has 0 heterocycles. The Balaban J connectivity index is 1.67. The number of sulfonamides is 1. The van der Waals surface area contributed by atoms with Crippen molar-refractivity contribution in [1.82, 2.24) is 10.3 Å². The lowest BCUT2D eigenvalue weighted by Crippen LogP contribution is -2.41. The molecule has 0 saturated heterocycles. The van der Waals surface area contributed by atoms with E-state index in [1.165, 1.54) is 24.3 Å². The third-order valence-electron chi connectivity index (χ3n) is 4.10. The number of hydrazine groups is 1. The number of benzene rings is 3. The van der Waals surface area contributed by atoms with Crippen LogP contribution in [-0.4, -0.2) is 26.0 Å². The molecule has 0 bridgehead atoms. The number of amides is 2. The summed E-state index contributed by atoms with van der Waals surface area (Å²) in [6.45, 7) is 5.20. The number of fused-ring (bicyclic) bond motifs is 1. The summed E-state index contributed by atoms with van der Waals surface area (Å²) >= 11 is 0. The first-order valence-corrected chi connectivity index (χ1v) is 10.9. The molecule has 3 aromatic carbocycles. The van der Waals surface area contributed by atoms with Crippen LogP contribution in [0.1, 0.15) is 31.1 Å². The van der Waals surface area contributed by atoms with Gasteiger partial charge in [-0.25, -0.2) is 13.2 Å². The van der Waals surface area contributed by atoms with Crippen LogP contribution in [0.15, 0.2) is 71.6 Å². The molecule has 0 aliphatic carbocycles. The molecule has 9 heteroatoms. The standard InChI is InChI=1S/C22H23N3O5S/c1-22(2,3)30-21(27)23-18-10-6-9-17(13-18)20(26)24-25-31(28,29)19-12-11-15-7-4-5-8-16(15)14-19/h4-14,25H,1-3H3,(H,23,27)(H,24,26).